The van der Waals surface area contributed by atoms with E-state index < -0.39 is 0 Å². The van der Waals surface area contributed by atoms with Gasteiger partial charge < -0.3 is 4.42 Å². The zero-order valence-electron chi connectivity index (χ0n) is 15.3. The largest absolute Gasteiger partial charge is 0.439 e. The standard InChI is InChI=1S/C24H21NO/c1-15-8-10-22-18(12-15)14-20-19-13-16(2)9-11-23(19)26-24(20)25(22)21-7-5-4-6-17(21)3/h4-13H,14H2,1-3H3. The number of benzene rings is 3. The molecule has 2 nitrogen and oxygen atoms in total. The van der Waals surface area contributed by atoms with Gasteiger partial charge in [0.25, 0.3) is 0 Å². The average molecular weight is 339 g/mol. The van der Waals surface area contributed by atoms with Crippen LogP contribution in [0.2, 0.25) is 0 Å². The number of rotatable bonds is 1. The number of para-hydroxylation sites is 1. The molecule has 0 atom stereocenters. The second kappa shape index (κ2) is 5.50. The molecule has 2 heteroatoms. The molecule has 0 saturated carbocycles. The zero-order valence-corrected chi connectivity index (χ0v) is 15.3. The second-order valence-corrected chi connectivity index (χ2v) is 7.32. The van der Waals surface area contributed by atoms with Crippen molar-refractivity contribution in [3.05, 3.63) is 88.5 Å². The molecule has 128 valence electrons. The van der Waals surface area contributed by atoms with E-state index in [1.807, 2.05) is 0 Å². The van der Waals surface area contributed by atoms with Crippen molar-refractivity contribution in [2.24, 2.45) is 0 Å². The van der Waals surface area contributed by atoms with E-state index in [0.717, 1.165) is 17.9 Å². The van der Waals surface area contributed by atoms with Crippen LogP contribution in [0.3, 0.4) is 0 Å². The molecule has 1 aliphatic rings. The minimum Gasteiger partial charge on any atom is -0.439 e. The maximum atomic E-state index is 6.38. The van der Waals surface area contributed by atoms with Crippen molar-refractivity contribution in [1.82, 2.24) is 0 Å². The van der Waals surface area contributed by atoms with Crippen molar-refractivity contribution < 1.29 is 4.42 Å². The summed E-state index contributed by atoms with van der Waals surface area (Å²) in [4.78, 5) is 2.29. The van der Waals surface area contributed by atoms with Crippen molar-refractivity contribution in [1.29, 1.82) is 0 Å². The molecule has 2 heterocycles. The lowest BCUT2D eigenvalue weighted by atomic mass is 9.94. The van der Waals surface area contributed by atoms with Gasteiger partial charge in [0, 0.05) is 17.4 Å². The van der Waals surface area contributed by atoms with E-state index in [0.29, 0.717) is 0 Å². The fourth-order valence-corrected chi connectivity index (χ4v) is 4.03. The first-order valence-corrected chi connectivity index (χ1v) is 9.09. The quantitative estimate of drug-likeness (QED) is 0.336. The molecule has 0 spiro atoms. The summed E-state index contributed by atoms with van der Waals surface area (Å²) < 4.78 is 6.38. The summed E-state index contributed by atoms with van der Waals surface area (Å²) in [5, 5.41) is 1.23. The molecular formula is C24H21NO. The summed E-state index contributed by atoms with van der Waals surface area (Å²) in [6.07, 6.45) is 0.908. The van der Waals surface area contributed by atoms with Crippen molar-refractivity contribution in [3.8, 4) is 0 Å². The number of aryl methyl sites for hydroxylation is 3. The summed E-state index contributed by atoms with van der Waals surface area (Å²) >= 11 is 0. The van der Waals surface area contributed by atoms with Crippen LogP contribution in [0.15, 0.2) is 65.1 Å². The molecule has 3 aromatic carbocycles. The number of hydrogen-bond donors (Lipinski definition) is 0. The minimum atomic E-state index is 0.908. The molecule has 0 fully saturated rings. The number of nitrogens with zero attached hydrogens (tertiary/aromatic N) is 1. The predicted octanol–water partition coefficient (Wildman–Crippen LogP) is 6.73. The molecule has 0 amide bonds. The smallest absolute Gasteiger partial charge is 0.209 e. The summed E-state index contributed by atoms with van der Waals surface area (Å²) in [5.41, 5.74) is 9.78. The molecule has 0 N–H and O–H groups in total. The fraction of sp³-hybridized carbons (Fsp3) is 0.167. The van der Waals surface area contributed by atoms with Gasteiger partial charge in [-0.05, 0) is 56.2 Å². The number of hydrogen-bond acceptors (Lipinski definition) is 2. The normalized spacial score (nSPS) is 13.0. The first-order chi connectivity index (χ1) is 12.6. The van der Waals surface area contributed by atoms with E-state index in [1.165, 1.54) is 44.6 Å². The maximum absolute atomic E-state index is 6.38. The summed E-state index contributed by atoms with van der Waals surface area (Å²) in [5.74, 6) is 0.955. The highest BCUT2D eigenvalue weighted by Gasteiger charge is 2.30. The van der Waals surface area contributed by atoms with Gasteiger partial charge in [-0.15, -0.1) is 0 Å². The van der Waals surface area contributed by atoms with Gasteiger partial charge >= 0.3 is 0 Å². The lowest BCUT2D eigenvalue weighted by Crippen LogP contribution is -2.18. The van der Waals surface area contributed by atoms with E-state index in [2.05, 4.69) is 86.3 Å². The van der Waals surface area contributed by atoms with E-state index >= 15 is 0 Å². The van der Waals surface area contributed by atoms with Crippen LogP contribution in [0.4, 0.5) is 17.3 Å². The van der Waals surface area contributed by atoms with Gasteiger partial charge in [-0.25, -0.2) is 0 Å². The Morgan fingerprint density at radius 1 is 0.808 bits per heavy atom. The predicted molar refractivity (Wildman–Crippen MR) is 108 cm³/mol. The monoisotopic (exact) mass is 339 g/mol. The van der Waals surface area contributed by atoms with E-state index in [-0.39, 0.29) is 0 Å². The molecule has 0 radical (unpaired) electrons. The summed E-state index contributed by atoms with van der Waals surface area (Å²) in [7, 11) is 0. The van der Waals surface area contributed by atoms with Crippen LogP contribution in [0.1, 0.15) is 27.8 Å². The summed E-state index contributed by atoms with van der Waals surface area (Å²) in [6.45, 7) is 6.45. The average Bonchev–Trinajstić information content (AvgIpc) is 2.98. The molecule has 4 aromatic rings. The molecule has 5 rings (SSSR count). The van der Waals surface area contributed by atoms with E-state index in [9.17, 15) is 0 Å². The van der Waals surface area contributed by atoms with Crippen LogP contribution in [0.25, 0.3) is 11.0 Å². The highest BCUT2D eigenvalue weighted by molar-refractivity contribution is 5.93. The fourth-order valence-electron chi connectivity index (χ4n) is 4.03. The molecule has 1 aromatic heterocycles. The van der Waals surface area contributed by atoms with Crippen molar-refractivity contribution in [2.45, 2.75) is 27.2 Å². The lowest BCUT2D eigenvalue weighted by molar-refractivity contribution is 0.613. The van der Waals surface area contributed by atoms with Crippen molar-refractivity contribution in [3.63, 3.8) is 0 Å². The van der Waals surface area contributed by atoms with Gasteiger partial charge in [0.15, 0.2) is 0 Å². The number of anilines is 3. The SMILES string of the molecule is Cc1ccc2c(c1)Cc1c(oc3ccc(C)cc13)N2c1ccccc1C. The van der Waals surface area contributed by atoms with Crippen LogP contribution in [0.5, 0.6) is 0 Å². The molecular weight excluding hydrogens is 318 g/mol. The third kappa shape index (κ3) is 2.19. The first kappa shape index (κ1) is 15.3. The third-order valence-electron chi connectivity index (χ3n) is 5.33. The van der Waals surface area contributed by atoms with Gasteiger partial charge in [0.2, 0.25) is 5.88 Å². The van der Waals surface area contributed by atoms with E-state index in [1.54, 1.807) is 0 Å². The maximum Gasteiger partial charge on any atom is 0.209 e. The van der Waals surface area contributed by atoms with Crippen LogP contribution in [-0.2, 0) is 6.42 Å². The Balaban J connectivity index is 1.84. The Morgan fingerprint density at radius 3 is 2.42 bits per heavy atom. The molecule has 26 heavy (non-hydrogen) atoms. The van der Waals surface area contributed by atoms with Crippen LogP contribution >= 0.6 is 0 Å². The highest BCUT2D eigenvalue weighted by Crippen LogP contribution is 2.48. The molecule has 0 bridgehead atoms. The zero-order chi connectivity index (χ0) is 17.8. The topological polar surface area (TPSA) is 16.4 Å². The Bertz CT molecular complexity index is 1150. The van der Waals surface area contributed by atoms with Crippen LogP contribution in [-0.4, -0.2) is 0 Å². The lowest BCUT2D eigenvalue weighted by Gasteiger charge is -2.31. The van der Waals surface area contributed by atoms with Gasteiger partial charge in [-0.3, -0.25) is 4.90 Å². The van der Waals surface area contributed by atoms with E-state index in [4.69, 9.17) is 4.42 Å². The molecule has 0 saturated heterocycles. The minimum absolute atomic E-state index is 0.908. The van der Waals surface area contributed by atoms with Gasteiger partial charge in [-0.1, -0.05) is 47.5 Å². The third-order valence-corrected chi connectivity index (χ3v) is 5.33. The Labute approximate surface area is 153 Å². The van der Waals surface area contributed by atoms with Crippen molar-refractivity contribution >= 4 is 28.2 Å². The van der Waals surface area contributed by atoms with Gasteiger partial charge in [0.1, 0.15) is 5.58 Å². The van der Waals surface area contributed by atoms with Crippen LogP contribution in [0, 0.1) is 20.8 Å². The second-order valence-electron chi connectivity index (χ2n) is 7.32. The Hall–Kier alpha value is -3.00. The summed E-state index contributed by atoms with van der Waals surface area (Å²) in [6, 6.07) is 21.7. The number of fused-ring (bicyclic) bond motifs is 4. The Kier molecular flexibility index (Phi) is 3.23. The first-order valence-electron chi connectivity index (χ1n) is 9.09. The Morgan fingerprint density at radius 2 is 1.58 bits per heavy atom. The molecule has 0 aliphatic carbocycles. The molecule has 0 unspecified atom stereocenters. The number of furan rings is 1. The van der Waals surface area contributed by atoms with Gasteiger partial charge in [-0.2, -0.15) is 0 Å². The molecule has 1 aliphatic heterocycles. The highest BCUT2D eigenvalue weighted by atomic mass is 16.4. The van der Waals surface area contributed by atoms with Crippen molar-refractivity contribution in [2.75, 3.05) is 4.90 Å². The van der Waals surface area contributed by atoms with Gasteiger partial charge in [0.05, 0.1) is 11.4 Å². The van der Waals surface area contributed by atoms with Crippen LogP contribution < -0.4 is 4.90 Å².